The second kappa shape index (κ2) is 10.3. The number of hydrogen-bond acceptors (Lipinski definition) is 4. The van der Waals surface area contributed by atoms with Gasteiger partial charge < -0.3 is 9.94 Å². The summed E-state index contributed by atoms with van der Waals surface area (Å²) in [6.45, 7) is 1.60. The van der Waals surface area contributed by atoms with Gasteiger partial charge in [-0.05, 0) is 35.2 Å². The highest BCUT2D eigenvalue weighted by Crippen LogP contribution is 2.19. The summed E-state index contributed by atoms with van der Waals surface area (Å²) < 4.78 is 13.7. The lowest BCUT2D eigenvalue weighted by atomic mass is 10.0. The lowest BCUT2D eigenvalue weighted by Crippen LogP contribution is -2.38. The van der Waals surface area contributed by atoms with E-state index in [1.54, 1.807) is 6.07 Å². The van der Waals surface area contributed by atoms with E-state index in [9.17, 15) is 9.50 Å². The SMILES string of the molecule is O[C@@H](Cc1ccccc1)CN(Cc1cccc(F)c1)C[C@@H]1CC(c2ccccc2)=NO1. The van der Waals surface area contributed by atoms with Crippen LogP contribution in [0.25, 0.3) is 0 Å². The molecule has 0 aliphatic carbocycles. The maximum Gasteiger partial charge on any atom is 0.145 e. The van der Waals surface area contributed by atoms with Gasteiger partial charge in [-0.15, -0.1) is 0 Å². The third-order valence-electron chi connectivity index (χ3n) is 5.38. The molecule has 0 amide bonds. The Bertz CT molecular complexity index is 995. The average molecular weight is 419 g/mol. The molecular formula is C26H27FN2O2. The molecule has 5 heteroatoms. The highest BCUT2D eigenvalue weighted by Gasteiger charge is 2.25. The molecule has 4 rings (SSSR count). The van der Waals surface area contributed by atoms with E-state index in [0.29, 0.717) is 32.5 Å². The number of aliphatic hydroxyl groups excluding tert-OH is 1. The summed E-state index contributed by atoms with van der Waals surface area (Å²) in [5.41, 5.74) is 3.95. The Morgan fingerprint density at radius 3 is 2.42 bits per heavy atom. The summed E-state index contributed by atoms with van der Waals surface area (Å²) >= 11 is 0. The van der Waals surface area contributed by atoms with Crippen molar-refractivity contribution in [3.05, 3.63) is 107 Å². The van der Waals surface area contributed by atoms with Crippen LogP contribution in [0.2, 0.25) is 0 Å². The lowest BCUT2D eigenvalue weighted by Gasteiger charge is -2.27. The summed E-state index contributed by atoms with van der Waals surface area (Å²) in [5.74, 6) is -0.255. The summed E-state index contributed by atoms with van der Waals surface area (Å²) in [4.78, 5) is 7.82. The average Bonchev–Trinajstić information content (AvgIpc) is 3.23. The quantitative estimate of drug-likeness (QED) is 0.559. The highest BCUT2D eigenvalue weighted by molar-refractivity contribution is 6.01. The number of nitrogens with zero attached hydrogens (tertiary/aromatic N) is 2. The van der Waals surface area contributed by atoms with Crippen LogP contribution in [0.1, 0.15) is 23.1 Å². The summed E-state index contributed by atoms with van der Waals surface area (Å²) in [6, 6.07) is 26.5. The summed E-state index contributed by atoms with van der Waals surface area (Å²) in [5, 5.41) is 15.0. The Morgan fingerprint density at radius 2 is 1.68 bits per heavy atom. The minimum Gasteiger partial charge on any atom is -0.391 e. The minimum absolute atomic E-state index is 0.104. The third-order valence-corrected chi connectivity index (χ3v) is 5.38. The zero-order valence-corrected chi connectivity index (χ0v) is 17.4. The van der Waals surface area contributed by atoms with Crippen molar-refractivity contribution in [1.29, 1.82) is 0 Å². The Hall–Kier alpha value is -3.02. The maximum atomic E-state index is 13.7. The number of aliphatic hydroxyl groups is 1. The highest BCUT2D eigenvalue weighted by atomic mass is 19.1. The Labute approximate surface area is 182 Å². The second-order valence-electron chi connectivity index (χ2n) is 8.00. The molecule has 0 fully saturated rings. The number of halogens is 1. The monoisotopic (exact) mass is 418 g/mol. The molecule has 1 aliphatic rings. The van der Waals surface area contributed by atoms with E-state index in [0.717, 1.165) is 22.4 Å². The predicted octanol–water partition coefficient (Wildman–Crippen LogP) is 4.42. The van der Waals surface area contributed by atoms with Crippen molar-refractivity contribution < 1.29 is 14.3 Å². The van der Waals surface area contributed by atoms with Crippen LogP contribution in [0.15, 0.2) is 90.1 Å². The molecule has 31 heavy (non-hydrogen) atoms. The molecule has 3 aromatic rings. The van der Waals surface area contributed by atoms with E-state index in [-0.39, 0.29) is 11.9 Å². The standard InChI is InChI=1S/C26H27FN2O2/c27-23-13-7-10-21(14-23)17-29(18-24(30)15-20-8-3-1-4-9-20)19-25-16-26(28-31-25)22-11-5-2-6-12-22/h1-14,24-25,30H,15-19H2/t24-,25-/m0/s1. The van der Waals surface area contributed by atoms with Crippen molar-refractivity contribution in [3.8, 4) is 0 Å². The van der Waals surface area contributed by atoms with Crippen LogP contribution >= 0.6 is 0 Å². The van der Waals surface area contributed by atoms with Gasteiger partial charge in [0.25, 0.3) is 0 Å². The topological polar surface area (TPSA) is 45.1 Å². The molecule has 0 saturated carbocycles. The largest absolute Gasteiger partial charge is 0.391 e. The van der Waals surface area contributed by atoms with E-state index in [1.165, 1.54) is 12.1 Å². The zero-order valence-electron chi connectivity index (χ0n) is 17.4. The van der Waals surface area contributed by atoms with Crippen molar-refractivity contribution in [2.75, 3.05) is 13.1 Å². The van der Waals surface area contributed by atoms with Crippen molar-refractivity contribution in [3.63, 3.8) is 0 Å². The smallest absolute Gasteiger partial charge is 0.145 e. The van der Waals surface area contributed by atoms with E-state index in [1.807, 2.05) is 66.7 Å². The molecule has 2 atom stereocenters. The maximum absolute atomic E-state index is 13.7. The first-order valence-electron chi connectivity index (χ1n) is 10.6. The summed E-state index contributed by atoms with van der Waals surface area (Å²) in [7, 11) is 0. The first kappa shape index (κ1) is 21.2. The van der Waals surface area contributed by atoms with Crippen LogP contribution < -0.4 is 0 Å². The Kier molecular flexibility index (Phi) is 7.07. The molecule has 1 N–H and O–H groups in total. The first-order chi connectivity index (χ1) is 15.2. The Morgan fingerprint density at radius 1 is 0.968 bits per heavy atom. The van der Waals surface area contributed by atoms with E-state index in [2.05, 4.69) is 10.1 Å². The molecule has 0 aromatic heterocycles. The fraction of sp³-hybridized carbons (Fsp3) is 0.269. The molecular weight excluding hydrogens is 391 g/mol. The van der Waals surface area contributed by atoms with Crippen molar-refractivity contribution >= 4 is 5.71 Å². The van der Waals surface area contributed by atoms with Crippen molar-refractivity contribution in [2.24, 2.45) is 5.16 Å². The number of oxime groups is 1. The van der Waals surface area contributed by atoms with Crippen molar-refractivity contribution in [2.45, 2.75) is 31.6 Å². The normalized spacial score (nSPS) is 16.7. The van der Waals surface area contributed by atoms with Crippen LogP contribution in [0, 0.1) is 5.82 Å². The molecule has 0 unspecified atom stereocenters. The van der Waals surface area contributed by atoms with Crippen LogP contribution in [-0.2, 0) is 17.8 Å². The van der Waals surface area contributed by atoms with Gasteiger partial charge in [-0.3, -0.25) is 4.90 Å². The van der Waals surface area contributed by atoms with Gasteiger partial charge in [-0.2, -0.15) is 0 Å². The minimum atomic E-state index is -0.535. The molecule has 1 heterocycles. The Balaban J connectivity index is 1.41. The van der Waals surface area contributed by atoms with E-state index >= 15 is 0 Å². The van der Waals surface area contributed by atoms with Gasteiger partial charge in [-0.25, -0.2) is 4.39 Å². The fourth-order valence-corrected chi connectivity index (χ4v) is 3.96. The van der Waals surface area contributed by atoms with Crippen LogP contribution in [-0.4, -0.2) is 41.0 Å². The van der Waals surface area contributed by atoms with Gasteiger partial charge in [0, 0.05) is 26.1 Å². The first-order valence-corrected chi connectivity index (χ1v) is 10.6. The molecule has 0 bridgehead atoms. The number of benzene rings is 3. The second-order valence-corrected chi connectivity index (χ2v) is 8.00. The molecule has 1 aliphatic heterocycles. The van der Waals surface area contributed by atoms with Crippen LogP contribution in [0.4, 0.5) is 4.39 Å². The molecule has 4 nitrogen and oxygen atoms in total. The van der Waals surface area contributed by atoms with E-state index < -0.39 is 6.10 Å². The van der Waals surface area contributed by atoms with Gasteiger partial charge in [0.05, 0.1) is 11.8 Å². The molecule has 3 aromatic carbocycles. The van der Waals surface area contributed by atoms with Crippen molar-refractivity contribution in [1.82, 2.24) is 4.90 Å². The number of hydrogen-bond donors (Lipinski definition) is 1. The predicted molar refractivity (Wildman–Crippen MR) is 120 cm³/mol. The van der Waals surface area contributed by atoms with Gasteiger partial charge in [0.15, 0.2) is 0 Å². The molecule has 0 saturated heterocycles. The van der Waals surface area contributed by atoms with Gasteiger partial charge in [0.1, 0.15) is 11.9 Å². The van der Waals surface area contributed by atoms with Gasteiger partial charge in [0.2, 0.25) is 0 Å². The number of rotatable bonds is 9. The molecule has 160 valence electrons. The zero-order chi connectivity index (χ0) is 21.5. The van der Waals surface area contributed by atoms with Crippen LogP contribution in [0.5, 0.6) is 0 Å². The fourth-order valence-electron chi connectivity index (χ4n) is 3.96. The van der Waals surface area contributed by atoms with Gasteiger partial charge in [-0.1, -0.05) is 78.0 Å². The lowest BCUT2D eigenvalue weighted by molar-refractivity contribution is 0.0322. The molecule has 0 radical (unpaired) electrons. The third kappa shape index (κ3) is 6.23. The summed E-state index contributed by atoms with van der Waals surface area (Å²) in [6.07, 6.45) is 0.635. The van der Waals surface area contributed by atoms with E-state index in [4.69, 9.17) is 4.84 Å². The molecule has 0 spiro atoms. The van der Waals surface area contributed by atoms with Gasteiger partial charge >= 0.3 is 0 Å². The van der Waals surface area contributed by atoms with Crippen LogP contribution in [0.3, 0.4) is 0 Å².